The highest BCUT2D eigenvalue weighted by molar-refractivity contribution is 7.14. The van der Waals surface area contributed by atoms with Crippen LogP contribution >= 0.6 is 11.3 Å². The Balaban J connectivity index is 1.46. The number of nitrogens with zero attached hydrogens (tertiary/aromatic N) is 4. The van der Waals surface area contributed by atoms with E-state index in [-0.39, 0.29) is 0 Å². The monoisotopic (exact) mass is 489 g/mol. The summed E-state index contributed by atoms with van der Waals surface area (Å²) in [7, 11) is 1.79. The number of rotatable bonds is 4. The van der Waals surface area contributed by atoms with E-state index in [0.717, 1.165) is 40.2 Å². The molecule has 0 aliphatic carbocycles. The van der Waals surface area contributed by atoms with Crippen molar-refractivity contribution in [3.05, 3.63) is 82.7 Å². The van der Waals surface area contributed by atoms with E-state index in [9.17, 15) is 13.2 Å². The number of alkyl halides is 3. The molecule has 0 saturated heterocycles. The highest BCUT2D eigenvalue weighted by Crippen LogP contribution is 2.34. The Morgan fingerprint density at radius 2 is 1.77 bits per heavy atom. The van der Waals surface area contributed by atoms with Crippen LogP contribution in [-0.2, 0) is 13.2 Å². The quantitative estimate of drug-likeness (QED) is 0.288. The summed E-state index contributed by atoms with van der Waals surface area (Å²) in [5, 5.41) is 14.9. The minimum Gasteiger partial charge on any atom is -0.331 e. The van der Waals surface area contributed by atoms with Crippen molar-refractivity contribution >= 4 is 33.2 Å². The molecule has 174 valence electrons. The number of hydrogen-bond acceptors (Lipinski definition) is 5. The molecular formula is C26H18F3N5S. The van der Waals surface area contributed by atoms with Crippen molar-refractivity contribution in [2.45, 2.75) is 13.1 Å². The highest BCUT2D eigenvalue weighted by Gasteiger charge is 2.30. The number of aromatic nitrogens is 3. The van der Waals surface area contributed by atoms with Gasteiger partial charge in [0, 0.05) is 29.2 Å². The topological polar surface area (TPSA) is 66.5 Å². The first-order valence-corrected chi connectivity index (χ1v) is 11.5. The molecule has 3 aromatic carbocycles. The number of nitrogens with one attached hydrogen (secondary N) is 1. The third-order valence-electron chi connectivity index (χ3n) is 5.73. The predicted molar refractivity (Wildman–Crippen MR) is 131 cm³/mol. The summed E-state index contributed by atoms with van der Waals surface area (Å²) in [6, 6.07) is 18.4. The van der Waals surface area contributed by atoms with Gasteiger partial charge in [-0.1, -0.05) is 24.3 Å². The van der Waals surface area contributed by atoms with Crippen LogP contribution in [0.2, 0.25) is 0 Å². The summed E-state index contributed by atoms with van der Waals surface area (Å²) in [5.74, 6) is 0.458. The molecule has 9 heteroatoms. The Bertz CT molecular complexity index is 1590. The summed E-state index contributed by atoms with van der Waals surface area (Å²) in [6.45, 7) is 1.95. The average molecular weight is 490 g/mol. The van der Waals surface area contributed by atoms with Gasteiger partial charge in [-0.2, -0.15) is 18.4 Å². The van der Waals surface area contributed by atoms with Crippen LogP contribution < -0.4 is 5.32 Å². The van der Waals surface area contributed by atoms with E-state index in [1.807, 2.05) is 36.6 Å². The van der Waals surface area contributed by atoms with Gasteiger partial charge in [-0.3, -0.25) is 0 Å². The van der Waals surface area contributed by atoms with Crippen LogP contribution in [-0.4, -0.2) is 14.5 Å². The molecule has 0 saturated carbocycles. The second-order valence-electron chi connectivity index (χ2n) is 8.08. The average Bonchev–Trinajstić information content (AvgIpc) is 3.44. The van der Waals surface area contributed by atoms with Crippen molar-refractivity contribution in [3.8, 4) is 28.7 Å². The van der Waals surface area contributed by atoms with E-state index >= 15 is 0 Å². The van der Waals surface area contributed by atoms with Crippen LogP contribution in [0, 0.1) is 18.3 Å². The molecule has 2 heterocycles. The van der Waals surface area contributed by atoms with Crippen molar-refractivity contribution < 1.29 is 13.2 Å². The van der Waals surface area contributed by atoms with E-state index in [4.69, 9.17) is 5.26 Å². The summed E-state index contributed by atoms with van der Waals surface area (Å²) in [4.78, 5) is 9.28. The Morgan fingerprint density at radius 3 is 2.49 bits per heavy atom. The lowest BCUT2D eigenvalue weighted by Crippen LogP contribution is -2.05. The third-order valence-corrected chi connectivity index (χ3v) is 6.49. The fraction of sp³-hybridized carbons (Fsp3) is 0.115. The molecule has 0 unspecified atom stereocenters. The summed E-state index contributed by atoms with van der Waals surface area (Å²) >= 11 is 1.45. The Labute approximate surface area is 203 Å². The number of halogens is 3. The van der Waals surface area contributed by atoms with Gasteiger partial charge in [0.25, 0.3) is 0 Å². The van der Waals surface area contributed by atoms with Crippen LogP contribution in [0.25, 0.3) is 33.7 Å². The minimum atomic E-state index is -4.42. The molecular weight excluding hydrogens is 471 g/mol. The zero-order valence-electron chi connectivity index (χ0n) is 18.7. The van der Waals surface area contributed by atoms with E-state index < -0.39 is 11.7 Å². The molecule has 0 aliphatic heterocycles. The maximum atomic E-state index is 13.2. The van der Waals surface area contributed by atoms with Gasteiger partial charge in [0.1, 0.15) is 5.82 Å². The lowest BCUT2D eigenvalue weighted by molar-refractivity contribution is -0.137. The van der Waals surface area contributed by atoms with Crippen molar-refractivity contribution in [2.24, 2.45) is 7.05 Å². The first-order valence-electron chi connectivity index (χ1n) is 10.6. The second-order valence-corrected chi connectivity index (χ2v) is 8.94. The van der Waals surface area contributed by atoms with Gasteiger partial charge in [0.15, 0.2) is 5.13 Å². The zero-order valence-corrected chi connectivity index (χ0v) is 19.5. The fourth-order valence-electron chi connectivity index (χ4n) is 3.86. The van der Waals surface area contributed by atoms with E-state index in [2.05, 4.69) is 21.4 Å². The number of imidazole rings is 1. The van der Waals surface area contributed by atoms with Crippen molar-refractivity contribution in [3.63, 3.8) is 0 Å². The van der Waals surface area contributed by atoms with Crippen molar-refractivity contribution in [1.82, 2.24) is 14.5 Å². The number of thiazole rings is 1. The van der Waals surface area contributed by atoms with E-state index in [1.54, 1.807) is 29.8 Å². The number of nitriles is 1. The van der Waals surface area contributed by atoms with Crippen LogP contribution in [0.3, 0.4) is 0 Å². The molecule has 0 amide bonds. The molecule has 5 rings (SSSR count). The zero-order chi connectivity index (χ0) is 24.7. The summed E-state index contributed by atoms with van der Waals surface area (Å²) in [5.41, 5.74) is 5.24. The standard InChI is InChI=1S/C26H18F3N5S/c1-15-10-23-21(31-24(34(23)2)18-4-3-5-19(11-18)26(27,28)29)12-20(15)32-25-33-22(14-35-25)17-8-6-16(13-30)7-9-17/h3-12,14H,1-2H3,(H,32,33). The minimum absolute atomic E-state index is 0.401. The van der Waals surface area contributed by atoms with E-state index in [1.165, 1.54) is 17.4 Å². The van der Waals surface area contributed by atoms with Gasteiger partial charge < -0.3 is 9.88 Å². The molecule has 1 N–H and O–H groups in total. The highest BCUT2D eigenvalue weighted by atomic mass is 32.1. The van der Waals surface area contributed by atoms with Gasteiger partial charge in [0.05, 0.1) is 33.9 Å². The molecule has 0 radical (unpaired) electrons. The summed E-state index contributed by atoms with van der Waals surface area (Å²) < 4.78 is 41.4. The van der Waals surface area contributed by atoms with Crippen LogP contribution in [0.15, 0.2) is 66.0 Å². The van der Waals surface area contributed by atoms with Crippen molar-refractivity contribution in [1.29, 1.82) is 5.26 Å². The van der Waals surface area contributed by atoms with Gasteiger partial charge in [-0.05, 0) is 48.9 Å². The van der Waals surface area contributed by atoms with E-state index in [0.29, 0.717) is 27.6 Å². The third kappa shape index (κ3) is 4.36. The van der Waals surface area contributed by atoms with Crippen LogP contribution in [0.4, 0.5) is 24.0 Å². The van der Waals surface area contributed by atoms with Gasteiger partial charge in [0.2, 0.25) is 0 Å². The number of anilines is 2. The molecule has 35 heavy (non-hydrogen) atoms. The molecule has 0 spiro atoms. The Hall–Kier alpha value is -4.16. The lowest BCUT2D eigenvalue weighted by atomic mass is 10.1. The van der Waals surface area contributed by atoms with Crippen LogP contribution in [0.5, 0.6) is 0 Å². The maximum Gasteiger partial charge on any atom is 0.416 e. The number of aryl methyl sites for hydroxylation is 2. The Morgan fingerprint density at radius 1 is 1.00 bits per heavy atom. The second kappa shape index (κ2) is 8.56. The smallest absolute Gasteiger partial charge is 0.331 e. The molecule has 0 atom stereocenters. The molecule has 0 bridgehead atoms. The number of benzene rings is 3. The summed E-state index contributed by atoms with van der Waals surface area (Å²) in [6.07, 6.45) is -4.42. The first-order chi connectivity index (χ1) is 16.7. The SMILES string of the molecule is Cc1cc2c(cc1Nc1nc(-c3ccc(C#N)cc3)cs1)nc(-c1cccc(C(F)(F)F)c1)n2C. The molecule has 2 aromatic heterocycles. The van der Waals surface area contributed by atoms with Gasteiger partial charge in [-0.15, -0.1) is 11.3 Å². The predicted octanol–water partition coefficient (Wildman–Crippen LogP) is 7.31. The lowest BCUT2D eigenvalue weighted by Gasteiger charge is -2.09. The van der Waals surface area contributed by atoms with Gasteiger partial charge in [-0.25, -0.2) is 9.97 Å². The Kier molecular flexibility index (Phi) is 5.53. The molecule has 5 aromatic rings. The molecule has 5 nitrogen and oxygen atoms in total. The first kappa shape index (κ1) is 22.6. The number of fused-ring (bicyclic) bond motifs is 1. The number of hydrogen-bond donors (Lipinski definition) is 1. The normalized spacial score (nSPS) is 11.5. The van der Waals surface area contributed by atoms with Crippen molar-refractivity contribution in [2.75, 3.05) is 5.32 Å². The van der Waals surface area contributed by atoms with Crippen LogP contribution in [0.1, 0.15) is 16.7 Å². The largest absolute Gasteiger partial charge is 0.416 e. The van der Waals surface area contributed by atoms with Gasteiger partial charge >= 0.3 is 6.18 Å². The fourth-order valence-corrected chi connectivity index (χ4v) is 4.60. The maximum absolute atomic E-state index is 13.2. The molecule has 0 aliphatic rings. The molecule has 0 fully saturated rings.